The van der Waals surface area contributed by atoms with Gasteiger partial charge in [-0.25, -0.2) is 4.98 Å². The topological polar surface area (TPSA) is 84.2 Å². The Morgan fingerprint density at radius 2 is 1.97 bits per heavy atom. The van der Waals surface area contributed by atoms with E-state index >= 15 is 0 Å². The molecule has 0 bridgehead atoms. The zero-order chi connectivity index (χ0) is 20.3. The van der Waals surface area contributed by atoms with Crippen LogP contribution in [0.5, 0.6) is 0 Å². The van der Waals surface area contributed by atoms with Crippen molar-refractivity contribution in [3.05, 3.63) is 54.2 Å². The Hall–Kier alpha value is -2.88. The minimum absolute atomic E-state index is 0. The first-order chi connectivity index (χ1) is 14.7. The first kappa shape index (κ1) is 19.1. The van der Waals surface area contributed by atoms with Gasteiger partial charge in [0.25, 0.3) is 0 Å². The van der Waals surface area contributed by atoms with Crippen molar-refractivity contribution >= 4 is 11.6 Å². The molecule has 0 aliphatic carbocycles. The van der Waals surface area contributed by atoms with E-state index in [1.165, 1.54) is 11.1 Å². The predicted molar refractivity (Wildman–Crippen MR) is 115 cm³/mol. The molecule has 1 aromatic carbocycles. The molecule has 9 nitrogen and oxygen atoms in total. The van der Waals surface area contributed by atoms with Crippen molar-refractivity contribution in [2.75, 3.05) is 44.7 Å². The molecule has 0 spiro atoms. The molecule has 5 rings (SSSR count). The van der Waals surface area contributed by atoms with Crippen LogP contribution < -0.4 is 5.32 Å². The van der Waals surface area contributed by atoms with Gasteiger partial charge in [-0.15, -0.1) is 5.10 Å². The summed E-state index contributed by atoms with van der Waals surface area (Å²) in [6.45, 7) is 9.29. The summed E-state index contributed by atoms with van der Waals surface area (Å²) in [5.41, 5.74) is 3.51. The number of anilines is 2. The molecule has 2 saturated heterocycles. The van der Waals surface area contributed by atoms with E-state index < -0.39 is 0 Å². The Balaban J connectivity index is 0.00000231. The maximum Gasteiger partial charge on any atom is 0.247 e. The van der Waals surface area contributed by atoms with Crippen molar-refractivity contribution in [2.24, 2.45) is 0 Å². The highest BCUT2D eigenvalue weighted by Gasteiger charge is 2.28. The predicted octanol–water partition coefficient (Wildman–Crippen LogP) is 1.87. The molecule has 9 heteroatoms. The number of nitrogens with one attached hydrogen (secondary N) is 1. The fraction of sp³-hybridized carbons (Fsp3) is 0.429. The summed E-state index contributed by atoms with van der Waals surface area (Å²) in [4.78, 5) is 17.7. The fourth-order valence-corrected chi connectivity index (χ4v) is 3.97. The molecule has 4 heterocycles. The van der Waals surface area contributed by atoms with Crippen molar-refractivity contribution in [1.29, 1.82) is 0 Å². The van der Waals surface area contributed by atoms with Crippen LogP contribution in [-0.2, 0) is 11.3 Å². The Kier molecular flexibility index (Phi) is 5.39. The van der Waals surface area contributed by atoms with Gasteiger partial charge in [-0.2, -0.15) is 9.67 Å². The third-order valence-corrected chi connectivity index (χ3v) is 5.62. The summed E-state index contributed by atoms with van der Waals surface area (Å²) in [6.07, 6.45) is 6.56. The number of aryl methyl sites for hydroxylation is 1. The number of nitrogens with zero attached hydrogens (tertiary/aromatic N) is 7. The lowest BCUT2D eigenvalue weighted by Crippen LogP contribution is -2.56. The molecule has 2 fully saturated rings. The van der Waals surface area contributed by atoms with Gasteiger partial charge in [0.1, 0.15) is 6.33 Å². The van der Waals surface area contributed by atoms with Gasteiger partial charge >= 0.3 is 0 Å². The summed E-state index contributed by atoms with van der Waals surface area (Å²) >= 11 is 0. The van der Waals surface area contributed by atoms with Crippen LogP contribution in [0, 0.1) is 6.92 Å². The van der Waals surface area contributed by atoms with E-state index in [4.69, 9.17) is 4.74 Å². The molecule has 0 radical (unpaired) electrons. The Morgan fingerprint density at radius 1 is 1.10 bits per heavy atom. The first-order valence-corrected chi connectivity index (χ1v) is 10.3. The third kappa shape index (κ3) is 4.33. The number of rotatable bonds is 6. The minimum atomic E-state index is 0. The van der Waals surface area contributed by atoms with E-state index in [-0.39, 0.29) is 1.43 Å². The van der Waals surface area contributed by atoms with Gasteiger partial charge in [-0.3, -0.25) is 14.8 Å². The molecule has 2 aliphatic heterocycles. The maximum atomic E-state index is 5.33. The Labute approximate surface area is 177 Å². The molecule has 3 aromatic rings. The standard InChI is InChI=1S/C21H26N8O.H2/c1-16-8-17(12-27-4-6-28(7-5-27)19-13-30-14-19)10-18(9-16)25-21-24-15-29(26-21)20-11-22-2-3-23-20;/h2-3,8-11,15,19H,4-7,12-14H2,1H3,(H,25,26);1H. The zero-order valence-electron chi connectivity index (χ0n) is 17.1. The largest absolute Gasteiger partial charge is 0.378 e. The van der Waals surface area contributed by atoms with Gasteiger partial charge < -0.3 is 10.1 Å². The smallest absolute Gasteiger partial charge is 0.247 e. The van der Waals surface area contributed by atoms with E-state index in [1.807, 2.05) is 0 Å². The van der Waals surface area contributed by atoms with E-state index in [2.05, 4.69) is 60.3 Å². The zero-order valence-corrected chi connectivity index (χ0v) is 17.1. The molecule has 1 N–H and O–H groups in total. The Morgan fingerprint density at radius 3 is 2.70 bits per heavy atom. The van der Waals surface area contributed by atoms with Crippen LogP contribution >= 0.6 is 0 Å². The molecule has 30 heavy (non-hydrogen) atoms. The Bertz CT molecular complexity index is 986. The molecular formula is C21H28N8O. The molecule has 0 saturated carbocycles. The number of hydrogen-bond donors (Lipinski definition) is 1. The molecular weight excluding hydrogens is 380 g/mol. The summed E-state index contributed by atoms with van der Waals surface area (Å²) in [5.74, 6) is 1.17. The molecule has 158 valence electrons. The van der Waals surface area contributed by atoms with Crippen molar-refractivity contribution in [3.8, 4) is 5.82 Å². The van der Waals surface area contributed by atoms with Gasteiger partial charge in [-0.05, 0) is 30.2 Å². The summed E-state index contributed by atoms with van der Waals surface area (Å²) < 4.78 is 6.94. The van der Waals surface area contributed by atoms with Gasteiger partial charge in [0.15, 0.2) is 5.82 Å². The van der Waals surface area contributed by atoms with Crippen LogP contribution in [0.2, 0.25) is 0 Å². The van der Waals surface area contributed by atoms with Crippen LogP contribution in [0.1, 0.15) is 12.6 Å². The number of piperazine rings is 1. The van der Waals surface area contributed by atoms with E-state index in [0.717, 1.165) is 51.6 Å². The first-order valence-electron chi connectivity index (χ1n) is 10.3. The van der Waals surface area contributed by atoms with Crippen molar-refractivity contribution < 1.29 is 6.16 Å². The molecule has 2 aliphatic rings. The lowest BCUT2D eigenvalue weighted by Gasteiger charge is -2.42. The highest BCUT2D eigenvalue weighted by Crippen LogP contribution is 2.20. The highest BCUT2D eigenvalue weighted by molar-refractivity contribution is 5.56. The van der Waals surface area contributed by atoms with Crippen LogP contribution in [0.3, 0.4) is 0 Å². The van der Waals surface area contributed by atoms with Crippen LogP contribution in [0.15, 0.2) is 43.1 Å². The van der Waals surface area contributed by atoms with Crippen molar-refractivity contribution in [1.82, 2.24) is 34.5 Å². The van der Waals surface area contributed by atoms with Crippen LogP contribution in [0.25, 0.3) is 5.82 Å². The van der Waals surface area contributed by atoms with Gasteiger partial charge in [0, 0.05) is 52.2 Å². The quantitative estimate of drug-likeness (QED) is 0.662. The lowest BCUT2D eigenvalue weighted by atomic mass is 10.1. The second-order valence-corrected chi connectivity index (χ2v) is 7.91. The summed E-state index contributed by atoms with van der Waals surface area (Å²) in [6, 6.07) is 7.18. The second-order valence-electron chi connectivity index (χ2n) is 7.91. The minimum Gasteiger partial charge on any atom is -0.378 e. The van der Waals surface area contributed by atoms with E-state index in [9.17, 15) is 0 Å². The number of aromatic nitrogens is 5. The van der Waals surface area contributed by atoms with Crippen molar-refractivity contribution in [2.45, 2.75) is 19.5 Å². The summed E-state index contributed by atoms with van der Waals surface area (Å²) in [5, 5.41) is 7.77. The molecule has 0 amide bonds. The highest BCUT2D eigenvalue weighted by atomic mass is 16.5. The normalized spacial score (nSPS) is 18.3. The number of benzene rings is 1. The van der Waals surface area contributed by atoms with Crippen LogP contribution in [0.4, 0.5) is 11.6 Å². The molecule has 0 unspecified atom stereocenters. The van der Waals surface area contributed by atoms with Gasteiger partial charge in [-0.1, -0.05) is 6.07 Å². The van der Waals surface area contributed by atoms with E-state index in [0.29, 0.717) is 17.8 Å². The number of hydrogen-bond acceptors (Lipinski definition) is 8. The monoisotopic (exact) mass is 408 g/mol. The molecule has 2 aromatic heterocycles. The number of ether oxygens (including phenoxy) is 1. The summed E-state index contributed by atoms with van der Waals surface area (Å²) in [7, 11) is 0. The average molecular weight is 409 g/mol. The van der Waals surface area contributed by atoms with Crippen LogP contribution in [-0.4, -0.2) is 80.0 Å². The molecule has 0 atom stereocenters. The maximum absolute atomic E-state index is 5.33. The third-order valence-electron chi connectivity index (χ3n) is 5.62. The fourth-order valence-electron chi connectivity index (χ4n) is 3.97. The SMILES string of the molecule is Cc1cc(CN2CCN(C3COC3)CC2)cc(Nc2ncn(-c3cnccn3)n2)c1.[HH]. The van der Waals surface area contributed by atoms with E-state index in [1.54, 1.807) is 29.6 Å². The van der Waals surface area contributed by atoms with Crippen molar-refractivity contribution in [3.63, 3.8) is 0 Å². The second kappa shape index (κ2) is 8.47. The average Bonchev–Trinajstić information content (AvgIpc) is 3.17. The lowest BCUT2D eigenvalue weighted by molar-refractivity contribution is -0.0774. The van der Waals surface area contributed by atoms with Gasteiger partial charge in [0.05, 0.1) is 25.5 Å². The van der Waals surface area contributed by atoms with Gasteiger partial charge in [0.2, 0.25) is 5.95 Å².